The largest absolute Gasteiger partial charge is 0.597 e. The number of hydrogen-bond donors (Lipinski definition) is 1. The van der Waals surface area contributed by atoms with Gasteiger partial charge in [0.1, 0.15) is 4.75 Å². The normalized spacial score (nSPS) is 14.1. The molecule has 4 aromatic rings. The molecule has 0 saturated carbocycles. The van der Waals surface area contributed by atoms with Gasteiger partial charge in [0.05, 0.1) is 35.8 Å². The first-order valence-corrected chi connectivity index (χ1v) is 11.8. The van der Waals surface area contributed by atoms with Crippen molar-refractivity contribution in [3.63, 3.8) is 0 Å². The van der Waals surface area contributed by atoms with Crippen LogP contribution in [0.1, 0.15) is 45.1 Å². The van der Waals surface area contributed by atoms with E-state index in [2.05, 4.69) is 15.1 Å². The van der Waals surface area contributed by atoms with E-state index in [1.165, 1.54) is 0 Å². The first-order chi connectivity index (χ1) is 15.7. The van der Waals surface area contributed by atoms with Crippen molar-refractivity contribution in [1.29, 1.82) is 0 Å². The molecule has 3 aromatic heterocycles. The van der Waals surface area contributed by atoms with Crippen LogP contribution >= 0.6 is 0 Å². The predicted octanol–water partition coefficient (Wildman–Crippen LogP) is 3.82. The minimum Gasteiger partial charge on any atom is -0.597 e. The van der Waals surface area contributed by atoms with E-state index in [4.69, 9.17) is 4.98 Å². The highest BCUT2D eigenvalue weighted by Crippen LogP contribution is 2.29. The van der Waals surface area contributed by atoms with Crippen LogP contribution in [0.3, 0.4) is 0 Å². The average Bonchev–Trinajstić information content (AvgIpc) is 3.25. The fourth-order valence-electron chi connectivity index (χ4n) is 3.52. The number of benzene rings is 1. The molecule has 1 aromatic carbocycles. The molecule has 33 heavy (non-hydrogen) atoms. The first kappa shape index (κ1) is 23.3. The van der Waals surface area contributed by atoms with Gasteiger partial charge in [-0.2, -0.15) is 5.10 Å². The van der Waals surface area contributed by atoms with Crippen LogP contribution in [0.15, 0.2) is 54.9 Å². The van der Waals surface area contributed by atoms with E-state index in [-0.39, 0.29) is 17.4 Å². The Kier molecular flexibility index (Phi) is 6.49. The smallest absolute Gasteiger partial charge is 0.159 e. The van der Waals surface area contributed by atoms with E-state index in [1.54, 1.807) is 23.1 Å². The number of nitrogens with zero attached hydrogens (tertiary/aromatic N) is 6. The second-order valence-corrected chi connectivity index (χ2v) is 11.2. The molecule has 4 rings (SSSR count). The number of aromatic nitrogens is 5. The minimum absolute atomic E-state index is 0.133. The molecule has 0 aliphatic rings. The molecule has 172 valence electrons. The third-order valence-corrected chi connectivity index (χ3v) is 7.32. The molecule has 3 heterocycles. The van der Waals surface area contributed by atoms with Gasteiger partial charge in [-0.25, -0.2) is 19.6 Å². The lowest BCUT2D eigenvalue weighted by atomic mass is 10.1. The summed E-state index contributed by atoms with van der Waals surface area (Å²) in [6.07, 6.45) is 3.51. The maximum atomic E-state index is 12.8. The second-order valence-electron chi connectivity index (χ2n) is 8.86. The number of hydrogen-bond acceptors (Lipinski definition) is 7. The summed E-state index contributed by atoms with van der Waals surface area (Å²) >= 11 is -1.17. The number of fused-ring (bicyclic) bond motifs is 1. The lowest BCUT2D eigenvalue weighted by molar-refractivity contribution is 0.276. The van der Waals surface area contributed by atoms with Crippen LogP contribution in [0.5, 0.6) is 0 Å². The highest BCUT2D eigenvalue weighted by molar-refractivity contribution is 7.90. The summed E-state index contributed by atoms with van der Waals surface area (Å²) in [5.74, 6) is 1.21. The van der Waals surface area contributed by atoms with E-state index >= 15 is 0 Å². The molecular weight excluding hydrogens is 436 g/mol. The third kappa shape index (κ3) is 4.77. The van der Waals surface area contributed by atoms with Gasteiger partial charge in [0, 0.05) is 35.6 Å². The Balaban J connectivity index is 1.70. The Bertz CT molecular complexity index is 1270. The fourth-order valence-corrected chi connectivity index (χ4v) is 4.78. The monoisotopic (exact) mass is 464 g/mol. The standard InChI is InChI=1S/C24H28N6O2S/c1-16(29(5)33(32)24(2,3)4)20-11-12-25-23(28-20)17-9-10-18-14-26-30(21(18)13-17)22-8-6-7-19(15-31)27-22/h6-14,16,31H,15H2,1-5H3/t16-,33?/m1/s1. The van der Waals surface area contributed by atoms with Crippen LogP contribution in [0.25, 0.3) is 28.1 Å². The lowest BCUT2D eigenvalue weighted by Crippen LogP contribution is -2.42. The quantitative estimate of drug-likeness (QED) is 0.433. The van der Waals surface area contributed by atoms with Crippen LogP contribution in [-0.4, -0.2) is 50.5 Å². The average molecular weight is 465 g/mol. The van der Waals surface area contributed by atoms with Crippen molar-refractivity contribution in [3.05, 3.63) is 66.2 Å². The summed E-state index contributed by atoms with van der Waals surface area (Å²) < 4.78 is 16.1. The predicted molar refractivity (Wildman–Crippen MR) is 130 cm³/mol. The van der Waals surface area contributed by atoms with Gasteiger partial charge >= 0.3 is 0 Å². The van der Waals surface area contributed by atoms with E-state index in [0.717, 1.165) is 22.2 Å². The molecule has 0 fully saturated rings. The van der Waals surface area contributed by atoms with E-state index < -0.39 is 11.4 Å². The number of aliphatic hydroxyl groups is 1. The van der Waals surface area contributed by atoms with E-state index in [0.29, 0.717) is 17.3 Å². The molecule has 0 aliphatic heterocycles. The Labute approximate surface area is 196 Å². The number of rotatable bonds is 6. The molecule has 0 amide bonds. The zero-order chi connectivity index (χ0) is 23.8. The van der Waals surface area contributed by atoms with Gasteiger partial charge in [-0.15, -0.1) is 4.31 Å². The summed E-state index contributed by atoms with van der Waals surface area (Å²) in [5, 5.41) is 14.9. The van der Waals surface area contributed by atoms with Crippen LogP contribution < -0.4 is 0 Å². The highest BCUT2D eigenvalue weighted by Gasteiger charge is 2.34. The zero-order valence-corrected chi connectivity index (χ0v) is 20.2. The molecule has 1 unspecified atom stereocenters. The number of aliphatic hydroxyl groups excluding tert-OH is 1. The van der Waals surface area contributed by atoms with Gasteiger partial charge < -0.3 is 9.66 Å². The summed E-state index contributed by atoms with van der Waals surface area (Å²) in [4.78, 5) is 13.7. The molecule has 0 bridgehead atoms. The molecule has 8 nitrogen and oxygen atoms in total. The fraction of sp³-hybridized carbons (Fsp3) is 0.333. The van der Waals surface area contributed by atoms with Gasteiger partial charge in [-0.05, 0) is 52.0 Å². The van der Waals surface area contributed by atoms with Crippen molar-refractivity contribution in [2.45, 2.75) is 45.1 Å². The van der Waals surface area contributed by atoms with Crippen LogP contribution in [-0.2, 0) is 18.0 Å². The van der Waals surface area contributed by atoms with Crippen molar-refractivity contribution in [2.75, 3.05) is 7.05 Å². The zero-order valence-electron chi connectivity index (χ0n) is 19.4. The van der Waals surface area contributed by atoms with Crippen molar-refractivity contribution in [2.24, 2.45) is 0 Å². The first-order valence-electron chi connectivity index (χ1n) is 10.7. The van der Waals surface area contributed by atoms with E-state index in [1.807, 2.05) is 75.4 Å². The third-order valence-electron chi connectivity index (χ3n) is 5.44. The van der Waals surface area contributed by atoms with E-state index in [9.17, 15) is 9.66 Å². The molecular formula is C24H28N6O2S. The van der Waals surface area contributed by atoms with Crippen LogP contribution in [0, 0.1) is 0 Å². The van der Waals surface area contributed by atoms with Gasteiger partial charge in [0.2, 0.25) is 0 Å². The Hall–Kier alpha value is -2.85. The molecule has 0 aliphatic carbocycles. The summed E-state index contributed by atoms with van der Waals surface area (Å²) in [6.45, 7) is 7.74. The Morgan fingerprint density at radius 3 is 2.67 bits per heavy atom. The van der Waals surface area contributed by atoms with Gasteiger partial charge in [-0.3, -0.25) is 0 Å². The van der Waals surface area contributed by atoms with Gasteiger partial charge in [0.15, 0.2) is 11.6 Å². The summed E-state index contributed by atoms with van der Waals surface area (Å²) in [6, 6.07) is 13.1. The van der Waals surface area contributed by atoms with Crippen molar-refractivity contribution >= 4 is 22.3 Å². The topological polar surface area (TPSA) is 103 Å². The molecule has 0 spiro atoms. The van der Waals surface area contributed by atoms with Crippen molar-refractivity contribution in [1.82, 2.24) is 29.0 Å². The summed E-state index contributed by atoms with van der Waals surface area (Å²) in [7, 11) is 1.85. The van der Waals surface area contributed by atoms with Gasteiger partial charge in [0.25, 0.3) is 0 Å². The summed E-state index contributed by atoms with van der Waals surface area (Å²) in [5.41, 5.74) is 3.08. The maximum Gasteiger partial charge on any atom is 0.159 e. The van der Waals surface area contributed by atoms with Gasteiger partial charge in [-0.1, -0.05) is 18.2 Å². The van der Waals surface area contributed by atoms with Crippen LogP contribution in [0.2, 0.25) is 0 Å². The molecule has 0 radical (unpaired) electrons. The molecule has 1 N–H and O–H groups in total. The SMILES string of the molecule is C[C@H](c1ccnc(-c2ccc3cnn(-c4cccc(CO)n4)c3c2)n1)N(C)[S+]([O-])C(C)(C)C. The highest BCUT2D eigenvalue weighted by atomic mass is 32.2. The lowest BCUT2D eigenvalue weighted by Gasteiger charge is -2.33. The molecule has 2 atom stereocenters. The van der Waals surface area contributed by atoms with Crippen molar-refractivity contribution in [3.8, 4) is 17.2 Å². The Morgan fingerprint density at radius 1 is 1.15 bits per heavy atom. The van der Waals surface area contributed by atoms with Crippen molar-refractivity contribution < 1.29 is 9.66 Å². The Morgan fingerprint density at radius 2 is 1.94 bits per heavy atom. The molecule has 9 heteroatoms. The second kappa shape index (κ2) is 9.18. The maximum absolute atomic E-state index is 12.8. The van der Waals surface area contributed by atoms with Crippen LogP contribution in [0.4, 0.5) is 0 Å². The number of pyridine rings is 1. The molecule has 0 saturated heterocycles. The minimum atomic E-state index is -1.17.